The van der Waals surface area contributed by atoms with Crippen LogP contribution in [0.1, 0.15) is 37.8 Å². The number of hydrazone groups is 1. The molecular formula is C20H26N2O2. The van der Waals surface area contributed by atoms with Crippen molar-refractivity contribution in [3.8, 4) is 5.75 Å². The number of hydrogen-bond acceptors (Lipinski definition) is 3. The van der Waals surface area contributed by atoms with Gasteiger partial charge in [0.1, 0.15) is 5.75 Å². The molecule has 24 heavy (non-hydrogen) atoms. The first-order chi connectivity index (χ1) is 11.4. The van der Waals surface area contributed by atoms with Crippen LogP contribution in [0.4, 0.5) is 0 Å². The van der Waals surface area contributed by atoms with E-state index < -0.39 is 0 Å². The number of nitrogens with one attached hydrogen (secondary N) is 1. The van der Waals surface area contributed by atoms with E-state index in [2.05, 4.69) is 30.5 Å². The highest BCUT2D eigenvalue weighted by atomic mass is 16.5. The average molecular weight is 326 g/mol. The fourth-order valence-corrected chi connectivity index (χ4v) is 3.76. The Balaban J connectivity index is 1.49. The number of benzene rings is 1. The Hall–Kier alpha value is -2.10. The fraction of sp³-hybridized carbons (Fsp3) is 0.500. The van der Waals surface area contributed by atoms with Gasteiger partial charge < -0.3 is 4.74 Å². The molecule has 4 heteroatoms. The number of hydrogen-bond donors (Lipinski definition) is 1. The van der Waals surface area contributed by atoms with Gasteiger partial charge in [-0.05, 0) is 66.7 Å². The van der Waals surface area contributed by atoms with Gasteiger partial charge >= 0.3 is 0 Å². The van der Waals surface area contributed by atoms with Gasteiger partial charge in [-0.1, -0.05) is 32.1 Å². The van der Waals surface area contributed by atoms with Gasteiger partial charge in [0.25, 0.3) is 5.91 Å². The van der Waals surface area contributed by atoms with Crippen molar-refractivity contribution in [1.82, 2.24) is 5.43 Å². The number of carbonyl (C=O) groups excluding carboxylic acids is 1. The smallest absolute Gasteiger partial charge is 0.277 e. The molecular weight excluding hydrogens is 300 g/mol. The molecule has 1 aromatic carbocycles. The van der Waals surface area contributed by atoms with Crippen LogP contribution >= 0.6 is 0 Å². The average Bonchev–Trinajstić information content (AvgIpc) is 2.55. The quantitative estimate of drug-likeness (QED) is 0.661. The Morgan fingerprint density at radius 3 is 2.92 bits per heavy atom. The summed E-state index contributed by atoms with van der Waals surface area (Å²) in [6.07, 6.45) is 6.42. The molecule has 2 bridgehead atoms. The standard InChI is InChI=1S/C20H26N2O2/c1-13-5-6-14(2)18(9-13)24-12-19(23)22-21-11-15-7-8-16-10-17(15)20(16,3)4/h5-7,9,11,16-17H,8,10,12H2,1-4H3,(H,22,23)/b21-11+. The summed E-state index contributed by atoms with van der Waals surface area (Å²) in [6.45, 7) is 8.58. The van der Waals surface area contributed by atoms with Gasteiger partial charge in [0, 0.05) is 0 Å². The normalized spacial score (nSPS) is 24.2. The van der Waals surface area contributed by atoms with Gasteiger partial charge in [0.05, 0.1) is 6.21 Å². The summed E-state index contributed by atoms with van der Waals surface area (Å²) < 4.78 is 5.58. The molecule has 0 heterocycles. The molecule has 4 rings (SSSR count). The third-order valence-electron chi connectivity index (χ3n) is 5.62. The van der Waals surface area contributed by atoms with Gasteiger partial charge in [-0.3, -0.25) is 4.79 Å². The molecule has 128 valence electrons. The lowest BCUT2D eigenvalue weighted by atomic mass is 9.49. The molecule has 1 saturated carbocycles. The van der Waals surface area contributed by atoms with Crippen LogP contribution in [0.3, 0.4) is 0 Å². The number of ether oxygens (including phenoxy) is 1. The molecule has 0 radical (unpaired) electrons. The van der Waals surface area contributed by atoms with Crippen molar-refractivity contribution in [2.45, 2.75) is 40.5 Å². The second-order valence-electron chi connectivity index (χ2n) is 7.60. The first-order valence-electron chi connectivity index (χ1n) is 8.60. The molecule has 2 atom stereocenters. The number of amides is 1. The van der Waals surface area contributed by atoms with E-state index in [0.29, 0.717) is 11.3 Å². The molecule has 1 aromatic rings. The lowest BCUT2D eigenvalue weighted by Crippen LogP contribution is -2.48. The number of carbonyl (C=O) groups is 1. The molecule has 1 amide bonds. The Morgan fingerprint density at radius 2 is 2.21 bits per heavy atom. The minimum atomic E-state index is -0.241. The van der Waals surface area contributed by atoms with Gasteiger partial charge in [-0.2, -0.15) is 5.10 Å². The van der Waals surface area contributed by atoms with E-state index in [1.165, 1.54) is 12.0 Å². The predicted molar refractivity (Wildman–Crippen MR) is 96.1 cm³/mol. The van der Waals surface area contributed by atoms with Crippen LogP contribution in [0.2, 0.25) is 0 Å². The van der Waals surface area contributed by atoms with Crippen molar-refractivity contribution >= 4 is 12.1 Å². The summed E-state index contributed by atoms with van der Waals surface area (Å²) in [7, 11) is 0. The largest absolute Gasteiger partial charge is 0.483 e. The van der Waals surface area contributed by atoms with E-state index in [0.717, 1.165) is 29.2 Å². The number of fused-ring (bicyclic) bond motifs is 1. The first kappa shape index (κ1) is 16.7. The van der Waals surface area contributed by atoms with Crippen LogP contribution in [-0.2, 0) is 4.79 Å². The van der Waals surface area contributed by atoms with E-state index in [-0.39, 0.29) is 12.5 Å². The number of nitrogens with zero attached hydrogens (tertiary/aromatic N) is 1. The van der Waals surface area contributed by atoms with Crippen LogP contribution in [0, 0.1) is 31.1 Å². The number of rotatable bonds is 5. The van der Waals surface area contributed by atoms with Crippen molar-refractivity contribution in [3.63, 3.8) is 0 Å². The zero-order valence-electron chi connectivity index (χ0n) is 14.9. The van der Waals surface area contributed by atoms with E-state index in [4.69, 9.17) is 4.74 Å². The molecule has 0 aliphatic heterocycles. The molecule has 1 N–H and O–H groups in total. The second-order valence-corrected chi connectivity index (χ2v) is 7.60. The Kier molecular flexibility index (Phi) is 4.48. The summed E-state index contributed by atoms with van der Waals surface area (Å²) in [4.78, 5) is 11.9. The zero-order valence-corrected chi connectivity index (χ0v) is 14.9. The summed E-state index contributed by atoms with van der Waals surface area (Å²) in [5.74, 6) is 1.88. The number of allylic oxidation sites excluding steroid dienone is 2. The molecule has 3 aliphatic rings. The van der Waals surface area contributed by atoms with Crippen molar-refractivity contribution in [3.05, 3.63) is 41.0 Å². The van der Waals surface area contributed by atoms with E-state index >= 15 is 0 Å². The molecule has 1 fully saturated rings. The van der Waals surface area contributed by atoms with Crippen molar-refractivity contribution in [1.29, 1.82) is 0 Å². The maximum atomic E-state index is 11.9. The van der Waals surface area contributed by atoms with Gasteiger partial charge in [0.2, 0.25) is 0 Å². The lowest BCUT2D eigenvalue weighted by Gasteiger charge is -2.55. The highest BCUT2D eigenvalue weighted by Gasteiger charge is 2.50. The van der Waals surface area contributed by atoms with Crippen LogP contribution in [0.15, 0.2) is 34.9 Å². The molecule has 3 aliphatic carbocycles. The maximum absolute atomic E-state index is 11.9. The van der Waals surface area contributed by atoms with Crippen molar-refractivity contribution < 1.29 is 9.53 Å². The molecule has 2 unspecified atom stereocenters. The van der Waals surface area contributed by atoms with E-state index in [1.54, 1.807) is 6.21 Å². The van der Waals surface area contributed by atoms with Crippen molar-refractivity contribution in [2.75, 3.05) is 6.61 Å². The minimum absolute atomic E-state index is 0.0301. The Labute approximate surface area is 144 Å². The Morgan fingerprint density at radius 1 is 1.42 bits per heavy atom. The topological polar surface area (TPSA) is 50.7 Å². The molecule has 0 aromatic heterocycles. The number of aryl methyl sites for hydroxylation is 2. The van der Waals surface area contributed by atoms with Crippen molar-refractivity contribution in [2.24, 2.45) is 22.4 Å². The fourth-order valence-electron chi connectivity index (χ4n) is 3.76. The van der Waals surface area contributed by atoms with Gasteiger partial charge in [0.15, 0.2) is 6.61 Å². The summed E-state index contributed by atoms with van der Waals surface area (Å²) in [6, 6.07) is 5.95. The summed E-state index contributed by atoms with van der Waals surface area (Å²) in [5, 5.41) is 4.11. The van der Waals surface area contributed by atoms with E-state index in [1.807, 2.05) is 32.0 Å². The third-order valence-corrected chi connectivity index (χ3v) is 5.62. The van der Waals surface area contributed by atoms with E-state index in [9.17, 15) is 4.79 Å². The second kappa shape index (κ2) is 6.42. The molecule has 4 nitrogen and oxygen atoms in total. The SMILES string of the molecule is Cc1ccc(C)c(OCC(=O)N/N=C/C2=CCC3CC2C3(C)C)c1. The minimum Gasteiger partial charge on any atom is -0.483 e. The summed E-state index contributed by atoms with van der Waals surface area (Å²) >= 11 is 0. The van der Waals surface area contributed by atoms with Crippen LogP contribution in [0.25, 0.3) is 0 Å². The highest BCUT2D eigenvalue weighted by Crippen LogP contribution is 2.58. The van der Waals surface area contributed by atoms with Crippen LogP contribution < -0.4 is 10.2 Å². The monoisotopic (exact) mass is 326 g/mol. The molecule has 0 saturated heterocycles. The van der Waals surface area contributed by atoms with Crippen LogP contribution in [0.5, 0.6) is 5.75 Å². The van der Waals surface area contributed by atoms with Gasteiger partial charge in [-0.25, -0.2) is 5.43 Å². The highest BCUT2D eigenvalue weighted by molar-refractivity contribution is 5.83. The molecule has 0 spiro atoms. The zero-order chi connectivity index (χ0) is 17.3. The Bertz CT molecular complexity index is 704. The maximum Gasteiger partial charge on any atom is 0.277 e. The van der Waals surface area contributed by atoms with Crippen LogP contribution in [-0.4, -0.2) is 18.7 Å². The predicted octanol–water partition coefficient (Wildman–Crippen LogP) is 3.78. The first-order valence-corrected chi connectivity index (χ1v) is 8.60. The third kappa shape index (κ3) is 3.23. The van der Waals surface area contributed by atoms with Gasteiger partial charge in [-0.15, -0.1) is 0 Å². The summed E-state index contributed by atoms with van der Waals surface area (Å²) in [5.41, 5.74) is 6.31. The lowest BCUT2D eigenvalue weighted by molar-refractivity contribution is -0.123.